The lowest BCUT2D eigenvalue weighted by Gasteiger charge is -2.39. The average Bonchev–Trinajstić information content (AvgIpc) is 2.69. The number of halogens is 1. The van der Waals surface area contributed by atoms with E-state index < -0.39 is 0 Å². The van der Waals surface area contributed by atoms with Gasteiger partial charge in [0.2, 0.25) is 0 Å². The molecule has 1 saturated carbocycles. The molecule has 1 fully saturated rings. The lowest BCUT2D eigenvalue weighted by Crippen LogP contribution is -2.37. The fourth-order valence-electron chi connectivity index (χ4n) is 4.34. The minimum absolute atomic E-state index is 0.417. The summed E-state index contributed by atoms with van der Waals surface area (Å²) in [6, 6.07) is 20.1. The van der Waals surface area contributed by atoms with Gasteiger partial charge in [-0.25, -0.2) is 0 Å². The van der Waals surface area contributed by atoms with Crippen molar-refractivity contribution in [2.45, 2.75) is 36.4 Å². The van der Waals surface area contributed by atoms with E-state index in [9.17, 15) is 0 Å². The first kappa shape index (κ1) is 12.6. The predicted molar refractivity (Wildman–Crippen MR) is 87.4 cm³/mol. The SMILES string of the molecule is BrC1[C@H]2CC[C@]1(Cc1ccccc1)Cc1ccccc12. The summed E-state index contributed by atoms with van der Waals surface area (Å²) in [5.41, 5.74) is 5.08. The van der Waals surface area contributed by atoms with Crippen LogP contribution in [0.2, 0.25) is 0 Å². The first-order valence-electron chi connectivity index (χ1n) is 7.54. The van der Waals surface area contributed by atoms with Gasteiger partial charge in [-0.15, -0.1) is 0 Å². The predicted octanol–water partition coefficient (Wildman–Crippen LogP) is 5.11. The summed E-state index contributed by atoms with van der Waals surface area (Å²) in [6.45, 7) is 0. The van der Waals surface area contributed by atoms with Crippen LogP contribution < -0.4 is 0 Å². The Morgan fingerprint density at radius 2 is 1.75 bits per heavy atom. The number of hydrogen-bond acceptors (Lipinski definition) is 0. The third-order valence-electron chi connectivity index (χ3n) is 5.29. The Hall–Kier alpha value is -1.08. The maximum Gasteiger partial charge on any atom is 0.0277 e. The largest absolute Gasteiger partial charge is 0.0878 e. The smallest absolute Gasteiger partial charge is 0.0277 e. The van der Waals surface area contributed by atoms with Gasteiger partial charge in [0.15, 0.2) is 0 Å². The maximum atomic E-state index is 4.07. The molecule has 0 N–H and O–H groups in total. The standard InChI is InChI=1S/C19H19Br/c20-18-17-10-11-19(18,12-14-6-2-1-3-7-14)13-15-8-4-5-9-16(15)17/h1-9,17-18H,10-13H2/t17-,18?,19-/m0/s1. The summed E-state index contributed by atoms with van der Waals surface area (Å²) in [4.78, 5) is 0.630. The molecule has 0 nitrogen and oxygen atoms in total. The van der Waals surface area contributed by atoms with E-state index in [0.29, 0.717) is 16.2 Å². The van der Waals surface area contributed by atoms with Gasteiger partial charge in [-0.1, -0.05) is 70.5 Å². The Morgan fingerprint density at radius 1 is 1.00 bits per heavy atom. The normalized spacial score (nSPS) is 31.1. The van der Waals surface area contributed by atoms with Crippen molar-refractivity contribution >= 4 is 15.9 Å². The Bertz CT molecular complexity index is 619. The zero-order chi connectivity index (χ0) is 13.6. The van der Waals surface area contributed by atoms with Crippen molar-refractivity contribution in [3.8, 4) is 0 Å². The average molecular weight is 327 g/mol. The molecule has 4 rings (SSSR count). The first-order valence-corrected chi connectivity index (χ1v) is 8.46. The lowest BCUT2D eigenvalue weighted by molar-refractivity contribution is 0.291. The summed E-state index contributed by atoms with van der Waals surface area (Å²) >= 11 is 4.07. The van der Waals surface area contributed by atoms with E-state index in [1.807, 2.05) is 0 Å². The van der Waals surface area contributed by atoms with Crippen LogP contribution in [0.4, 0.5) is 0 Å². The molecule has 102 valence electrons. The van der Waals surface area contributed by atoms with Gasteiger partial charge < -0.3 is 0 Å². The molecule has 2 bridgehead atoms. The van der Waals surface area contributed by atoms with Crippen LogP contribution >= 0.6 is 15.9 Å². The number of benzene rings is 2. The molecule has 0 aromatic heterocycles. The van der Waals surface area contributed by atoms with E-state index in [2.05, 4.69) is 70.5 Å². The van der Waals surface area contributed by atoms with Crippen LogP contribution in [0.3, 0.4) is 0 Å². The lowest BCUT2D eigenvalue weighted by atomic mass is 9.69. The molecule has 1 heteroatoms. The van der Waals surface area contributed by atoms with Gasteiger partial charge in [-0.2, -0.15) is 0 Å². The summed E-state index contributed by atoms with van der Waals surface area (Å²) in [5, 5.41) is 0. The van der Waals surface area contributed by atoms with Gasteiger partial charge in [0.05, 0.1) is 0 Å². The van der Waals surface area contributed by atoms with Gasteiger partial charge in [-0.05, 0) is 53.7 Å². The number of alkyl halides is 1. The number of rotatable bonds is 2. The third-order valence-corrected chi connectivity index (χ3v) is 6.90. The minimum atomic E-state index is 0.417. The van der Waals surface area contributed by atoms with Crippen LogP contribution in [0.25, 0.3) is 0 Å². The van der Waals surface area contributed by atoms with Crippen molar-refractivity contribution in [2.75, 3.05) is 0 Å². The van der Waals surface area contributed by atoms with Crippen molar-refractivity contribution in [2.24, 2.45) is 5.41 Å². The van der Waals surface area contributed by atoms with Gasteiger partial charge in [0.25, 0.3) is 0 Å². The van der Waals surface area contributed by atoms with Crippen LogP contribution in [-0.4, -0.2) is 4.83 Å². The van der Waals surface area contributed by atoms with Crippen LogP contribution in [0.1, 0.15) is 35.4 Å². The second kappa shape index (κ2) is 4.73. The zero-order valence-electron chi connectivity index (χ0n) is 11.6. The molecule has 0 amide bonds. The highest BCUT2D eigenvalue weighted by molar-refractivity contribution is 9.09. The Labute approximate surface area is 129 Å². The highest BCUT2D eigenvalue weighted by Gasteiger charge is 2.51. The number of fused-ring (bicyclic) bond motifs is 4. The minimum Gasteiger partial charge on any atom is -0.0878 e. The van der Waals surface area contributed by atoms with Crippen LogP contribution in [0, 0.1) is 5.41 Å². The van der Waals surface area contributed by atoms with Crippen molar-refractivity contribution < 1.29 is 0 Å². The summed E-state index contributed by atoms with van der Waals surface area (Å²) in [7, 11) is 0. The van der Waals surface area contributed by atoms with Gasteiger partial charge in [0, 0.05) is 4.83 Å². The fraction of sp³-hybridized carbons (Fsp3) is 0.368. The summed E-state index contributed by atoms with van der Waals surface area (Å²) in [6.07, 6.45) is 5.11. The van der Waals surface area contributed by atoms with Crippen LogP contribution in [-0.2, 0) is 12.8 Å². The molecule has 0 spiro atoms. The number of hydrogen-bond donors (Lipinski definition) is 0. The molecule has 0 heterocycles. The second-order valence-electron chi connectivity index (χ2n) is 6.45. The zero-order valence-corrected chi connectivity index (χ0v) is 13.1. The van der Waals surface area contributed by atoms with Crippen LogP contribution in [0.15, 0.2) is 54.6 Å². The van der Waals surface area contributed by atoms with E-state index in [-0.39, 0.29) is 0 Å². The molecule has 2 aromatic carbocycles. The van der Waals surface area contributed by atoms with Gasteiger partial charge in [-0.3, -0.25) is 0 Å². The molecule has 0 aliphatic heterocycles. The molecular weight excluding hydrogens is 308 g/mol. The van der Waals surface area contributed by atoms with E-state index in [4.69, 9.17) is 0 Å². The van der Waals surface area contributed by atoms with Crippen molar-refractivity contribution in [3.63, 3.8) is 0 Å². The van der Waals surface area contributed by atoms with Gasteiger partial charge >= 0.3 is 0 Å². The second-order valence-corrected chi connectivity index (χ2v) is 7.43. The molecular formula is C19H19Br. The molecule has 2 aliphatic carbocycles. The Morgan fingerprint density at radius 3 is 2.60 bits per heavy atom. The van der Waals surface area contributed by atoms with E-state index in [1.165, 1.54) is 31.2 Å². The summed E-state index contributed by atoms with van der Waals surface area (Å²) < 4.78 is 0. The maximum absolute atomic E-state index is 4.07. The highest BCUT2D eigenvalue weighted by Crippen LogP contribution is 2.58. The quantitative estimate of drug-likeness (QED) is 0.672. The van der Waals surface area contributed by atoms with Crippen LogP contribution in [0.5, 0.6) is 0 Å². The van der Waals surface area contributed by atoms with E-state index >= 15 is 0 Å². The van der Waals surface area contributed by atoms with Gasteiger partial charge in [0.1, 0.15) is 0 Å². The first-order chi connectivity index (χ1) is 9.78. The molecule has 2 aromatic rings. The fourth-order valence-corrected chi connectivity index (χ4v) is 5.44. The van der Waals surface area contributed by atoms with Crippen molar-refractivity contribution in [1.29, 1.82) is 0 Å². The molecule has 0 saturated heterocycles. The van der Waals surface area contributed by atoms with E-state index in [1.54, 1.807) is 11.1 Å². The van der Waals surface area contributed by atoms with E-state index in [0.717, 1.165) is 0 Å². The topological polar surface area (TPSA) is 0 Å². The molecule has 20 heavy (non-hydrogen) atoms. The molecule has 2 aliphatic rings. The Balaban J connectivity index is 1.73. The monoisotopic (exact) mass is 326 g/mol. The highest BCUT2D eigenvalue weighted by atomic mass is 79.9. The molecule has 3 atom stereocenters. The Kier molecular flexibility index (Phi) is 2.99. The third kappa shape index (κ3) is 1.87. The molecule has 0 radical (unpaired) electrons. The summed E-state index contributed by atoms with van der Waals surface area (Å²) in [5.74, 6) is 0.712. The molecule has 1 unspecified atom stereocenters. The van der Waals surface area contributed by atoms with Crippen molar-refractivity contribution in [1.82, 2.24) is 0 Å². The van der Waals surface area contributed by atoms with Crippen molar-refractivity contribution in [3.05, 3.63) is 71.3 Å².